The molecule has 1 fully saturated rings. The van der Waals surface area contributed by atoms with Gasteiger partial charge in [-0.3, -0.25) is 0 Å². The molecule has 0 unspecified atom stereocenters. The van der Waals surface area contributed by atoms with E-state index in [1.54, 1.807) is 6.20 Å². The molecule has 1 aliphatic carbocycles. The Morgan fingerprint density at radius 3 is 2.71 bits per heavy atom. The van der Waals surface area contributed by atoms with Crippen LogP contribution in [0.3, 0.4) is 0 Å². The van der Waals surface area contributed by atoms with Crippen molar-refractivity contribution in [1.82, 2.24) is 20.1 Å². The van der Waals surface area contributed by atoms with E-state index in [4.69, 9.17) is 0 Å². The highest BCUT2D eigenvalue weighted by Crippen LogP contribution is 2.28. The average molecular weight is 296 g/mol. The molecule has 2 aromatic rings. The maximum absolute atomic E-state index is 12.6. The predicted molar refractivity (Wildman–Crippen MR) is 71.0 cm³/mol. The summed E-state index contributed by atoms with van der Waals surface area (Å²) in [5, 5.41) is 6.91. The van der Waals surface area contributed by atoms with Crippen LogP contribution in [0.1, 0.15) is 29.7 Å². The summed E-state index contributed by atoms with van der Waals surface area (Å²) >= 11 is 0. The summed E-state index contributed by atoms with van der Waals surface area (Å²) in [5.41, 5.74) is 0.899. The number of rotatable bonds is 4. The summed E-state index contributed by atoms with van der Waals surface area (Å²) in [6.45, 7) is 2.55. The Hall–Kier alpha value is -1.89. The number of hydrogen-bond donors (Lipinski definition) is 1. The number of aryl methyl sites for hydroxylation is 1. The van der Waals surface area contributed by atoms with Crippen LogP contribution >= 0.6 is 0 Å². The highest BCUT2D eigenvalue weighted by Gasteiger charge is 2.33. The van der Waals surface area contributed by atoms with Crippen molar-refractivity contribution in [3.05, 3.63) is 41.3 Å². The molecule has 3 rings (SSSR count). The minimum absolute atomic E-state index is 0.417. The van der Waals surface area contributed by atoms with Gasteiger partial charge in [-0.05, 0) is 43.0 Å². The van der Waals surface area contributed by atoms with Gasteiger partial charge in [0.05, 0.1) is 0 Å². The van der Waals surface area contributed by atoms with Crippen LogP contribution in [-0.2, 0) is 12.7 Å². The summed E-state index contributed by atoms with van der Waals surface area (Å²) in [4.78, 5) is 4.24. The van der Waals surface area contributed by atoms with Crippen LogP contribution in [-0.4, -0.2) is 20.8 Å². The SMILES string of the molecule is Cc1cc(CNC2CC2)cnc1-n1ccc(C(F)(F)F)n1. The lowest BCUT2D eigenvalue weighted by atomic mass is 10.2. The molecule has 0 spiro atoms. The second-order valence-electron chi connectivity index (χ2n) is 5.28. The Morgan fingerprint density at radius 1 is 1.38 bits per heavy atom. The third kappa shape index (κ3) is 3.24. The molecule has 0 atom stereocenters. The standard InChI is InChI=1S/C14H15F3N4/c1-9-6-10(7-18-11-2-3-11)8-19-13(9)21-5-4-12(20-21)14(15,16)17/h4-6,8,11,18H,2-3,7H2,1H3. The third-order valence-electron chi connectivity index (χ3n) is 3.38. The summed E-state index contributed by atoms with van der Waals surface area (Å²) < 4.78 is 38.8. The van der Waals surface area contributed by atoms with E-state index in [-0.39, 0.29) is 0 Å². The molecule has 1 saturated carbocycles. The molecule has 1 aliphatic rings. The number of hydrogen-bond acceptors (Lipinski definition) is 3. The minimum atomic E-state index is -4.44. The van der Waals surface area contributed by atoms with Crippen molar-refractivity contribution < 1.29 is 13.2 Å². The summed E-state index contributed by atoms with van der Waals surface area (Å²) in [5.74, 6) is 0.417. The Balaban J connectivity index is 1.79. The summed E-state index contributed by atoms with van der Waals surface area (Å²) in [7, 11) is 0. The zero-order chi connectivity index (χ0) is 15.0. The Morgan fingerprint density at radius 2 is 2.14 bits per heavy atom. The van der Waals surface area contributed by atoms with E-state index in [9.17, 15) is 13.2 Å². The van der Waals surface area contributed by atoms with E-state index >= 15 is 0 Å². The second-order valence-corrected chi connectivity index (χ2v) is 5.28. The van der Waals surface area contributed by atoms with E-state index in [1.807, 2.05) is 13.0 Å². The molecule has 0 radical (unpaired) electrons. The first-order chi connectivity index (χ1) is 9.93. The molecule has 0 bridgehead atoms. The number of nitrogens with zero attached hydrogens (tertiary/aromatic N) is 3. The van der Waals surface area contributed by atoms with Gasteiger partial charge in [-0.25, -0.2) is 9.67 Å². The van der Waals surface area contributed by atoms with Gasteiger partial charge in [-0.1, -0.05) is 0 Å². The van der Waals surface area contributed by atoms with Gasteiger partial charge in [0, 0.05) is 25.0 Å². The lowest BCUT2D eigenvalue weighted by Gasteiger charge is -2.08. The first kappa shape index (κ1) is 14.1. The quantitative estimate of drug-likeness (QED) is 0.943. The monoisotopic (exact) mass is 296 g/mol. The third-order valence-corrected chi connectivity index (χ3v) is 3.38. The van der Waals surface area contributed by atoms with Crippen molar-refractivity contribution in [3.63, 3.8) is 0 Å². The zero-order valence-electron chi connectivity index (χ0n) is 11.5. The number of aromatic nitrogens is 3. The van der Waals surface area contributed by atoms with Crippen molar-refractivity contribution in [1.29, 1.82) is 0 Å². The number of nitrogens with one attached hydrogen (secondary N) is 1. The van der Waals surface area contributed by atoms with Crippen molar-refractivity contribution in [3.8, 4) is 5.82 Å². The largest absolute Gasteiger partial charge is 0.435 e. The molecule has 0 aromatic carbocycles. The molecule has 2 aromatic heterocycles. The first-order valence-corrected chi connectivity index (χ1v) is 6.75. The van der Waals surface area contributed by atoms with Crippen molar-refractivity contribution in [2.24, 2.45) is 0 Å². The fourth-order valence-electron chi connectivity index (χ4n) is 2.11. The number of pyridine rings is 1. The van der Waals surface area contributed by atoms with Gasteiger partial charge < -0.3 is 5.32 Å². The Labute approximate surface area is 120 Å². The van der Waals surface area contributed by atoms with Gasteiger partial charge in [0.15, 0.2) is 11.5 Å². The topological polar surface area (TPSA) is 42.7 Å². The highest BCUT2D eigenvalue weighted by atomic mass is 19.4. The van der Waals surface area contributed by atoms with Gasteiger partial charge in [-0.15, -0.1) is 0 Å². The molecular weight excluding hydrogens is 281 g/mol. The summed E-state index contributed by atoms with van der Waals surface area (Å²) in [6, 6.07) is 3.47. The molecule has 0 saturated heterocycles. The lowest BCUT2D eigenvalue weighted by molar-refractivity contribution is -0.141. The number of alkyl halides is 3. The van der Waals surface area contributed by atoms with Gasteiger partial charge in [-0.2, -0.15) is 18.3 Å². The molecular formula is C14H15F3N4. The van der Waals surface area contributed by atoms with E-state index in [2.05, 4.69) is 15.4 Å². The second kappa shape index (κ2) is 5.14. The predicted octanol–water partition coefficient (Wildman–Crippen LogP) is 2.85. The lowest BCUT2D eigenvalue weighted by Crippen LogP contribution is -2.16. The molecule has 7 heteroatoms. The zero-order valence-corrected chi connectivity index (χ0v) is 11.5. The molecule has 4 nitrogen and oxygen atoms in total. The van der Waals surface area contributed by atoms with Crippen LogP contribution in [0.15, 0.2) is 24.5 Å². The van der Waals surface area contributed by atoms with Crippen molar-refractivity contribution in [2.45, 2.75) is 38.5 Å². The van der Waals surface area contributed by atoms with Crippen LogP contribution in [0.2, 0.25) is 0 Å². The average Bonchev–Trinajstić information content (AvgIpc) is 3.10. The maximum atomic E-state index is 12.6. The van der Waals surface area contributed by atoms with Gasteiger partial charge in [0.2, 0.25) is 0 Å². The fraction of sp³-hybridized carbons (Fsp3) is 0.429. The molecule has 2 heterocycles. The fourth-order valence-corrected chi connectivity index (χ4v) is 2.11. The van der Waals surface area contributed by atoms with Crippen LogP contribution in [0.25, 0.3) is 5.82 Å². The van der Waals surface area contributed by atoms with Gasteiger partial charge >= 0.3 is 6.18 Å². The number of halogens is 3. The first-order valence-electron chi connectivity index (χ1n) is 6.75. The van der Waals surface area contributed by atoms with Crippen LogP contribution in [0.4, 0.5) is 13.2 Å². The Bertz CT molecular complexity index is 644. The normalized spacial score (nSPS) is 15.4. The van der Waals surface area contributed by atoms with E-state index in [1.165, 1.54) is 19.0 Å². The Kier molecular flexibility index (Phi) is 3.44. The molecule has 0 aliphatic heterocycles. The molecule has 21 heavy (non-hydrogen) atoms. The van der Waals surface area contributed by atoms with E-state index in [0.717, 1.165) is 28.4 Å². The van der Waals surface area contributed by atoms with E-state index < -0.39 is 11.9 Å². The van der Waals surface area contributed by atoms with Crippen LogP contribution < -0.4 is 5.32 Å². The molecule has 1 N–H and O–H groups in total. The van der Waals surface area contributed by atoms with Crippen molar-refractivity contribution >= 4 is 0 Å². The van der Waals surface area contributed by atoms with E-state index in [0.29, 0.717) is 11.9 Å². The van der Waals surface area contributed by atoms with Gasteiger partial charge in [0.25, 0.3) is 0 Å². The van der Waals surface area contributed by atoms with Crippen LogP contribution in [0, 0.1) is 6.92 Å². The molecule has 0 amide bonds. The smallest absolute Gasteiger partial charge is 0.310 e. The van der Waals surface area contributed by atoms with Crippen molar-refractivity contribution in [2.75, 3.05) is 0 Å². The summed E-state index contributed by atoms with van der Waals surface area (Å²) in [6.07, 6.45) is 0.927. The minimum Gasteiger partial charge on any atom is -0.310 e. The maximum Gasteiger partial charge on any atom is 0.435 e. The highest BCUT2D eigenvalue weighted by molar-refractivity contribution is 5.35. The molecule has 112 valence electrons. The van der Waals surface area contributed by atoms with Crippen LogP contribution in [0.5, 0.6) is 0 Å². The van der Waals surface area contributed by atoms with Gasteiger partial charge in [0.1, 0.15) is 0 Å².